The van der Waals surface area contributed by atoms with Crippen LogP contribution in [0.25, 0.3) is 0 Å². The van der Waals surface area contributed by atoms with E-state index in [0.717, 1.165) is 4.57 Å². The zero-order valence-corrected chi connectivity index (χ0v) is 14.9. The third kappa shape index (κ3) is 3.05. The van der Waals surface area contributed by atoms with Crippen LogP contribution in [0.3, 0.4) is 0 Å². The molecule has 2 aromatic rings. The van der Waals surface area contributed by atoms with Crippen LogP contribution in [0, 0.1) is 0 Å². The van der Waals surface area contributed by atoms with Crippen LogP contribution >= 0.6 is 0 Å². The first-order valence-corrected chi connectivity index (χ1v) is 8.01. The molecule has 1 aliphatic rings. The second-order valence-corrected chi connectivity index (χ2v) is 6.08. The molecule has 3 N–H and O–H groups in total. The van der Waals surface area contributed by atoms with E-state index in [1.165, 1.54) is 32.2 Å². The summed E-state index contributed by atoms with van der Waals surface area (Å²) in [6, 6.07) is 4.05. The summed E-state index contributed by atoms with van der Waals surface area (Å²) in [6.45, 7) is 1.32. The van der Waals surface area contributed by atoms with E-state index in [2.05, 4.69) is 10.1 Å². The molecule has 2 heterocycles. The van der Waals surface area contributed by atoms with Gasteiger partial charge in [-0.3, -0.25) is 19.1 Å². The molecule has 3 rings (SSSR count). The number of aromatic nitrogens is 2. The van der Waals surface area contributed by atoms with Gasteiger partial charge in [-0.25, -0.2) is 9.80 Å². The van der Waals surface area contributed by atoms with Crippen molar-refractivity contribution >= 4 is 11.6 Å². The number of methoxy groups -OCH3 is 1. The molecule has 0 saturated carbocycles. The van der Waals surface area contributed by atoms with Crippen LogP contribution in [-0.2, 0) is 11.8 Å². The molecule has 0 fully saturated rings. The monoisotopic (exact) mass is 374 g/mol. The van der Waals surface area contributed by atoms with Crippen molar-refractivity contribution in [3.63, 3.8) is 0 Å². The average Bonchev–Trinajstić information content (AvgIpc) is 3.05. The third-order valence-corrected chi connectivity index (χ3v) is 4.40. The molecule has 1 aromatic carbocycles. The molecule has 0 aliphatic carbocycles. The summed E-state index contributed by atoms with van der Waals surface area (Å²) in [4.78, 5) is 37.9. The van der Waals surface area contributed by atoms with Gasteiger partial charge >= 0.3 is 5.69 Å². The maximum atomic E-state index is 12.2. The smallest absolute Gasteiger partial charge is 0.330 e. The number of aromatic amines is 1. The standard InChI is InChI=1S/C17H18N4O6/c1-8(22)21-11(9-4-5-12(23)13(6-9)27-3)7-10(19-21)14-15(24)18-17(26)20(2)16(14)25/h4-6,11,23,25H,7H2,1-3H3,(H,18,24,26)/t11-/m1/s1. The first kappa shape index (κ1) is 18.2. The van der Waals surface area contributed by atoms with Crippen LogP contribution in [0.1, 0.15) is 30.5 Å². The summed E-state index contributed by atoms with van der Waals surface area (Å²) in [7, 11) is 2.71. The van der Waals surface area contributed by atoms with Gasteiger partial charge in [0, 0.05) is 20.4 Å². The number of ether oxygens (including phenoxy) is 1. The van der Waals surface area contributed by atoms with Gasteiger partial charge in [0.25, 0.3) is 5.56 Å². The normalized spacial score (nSPS) is 16.3. The first-order chi connectivity index (χ1) is 12.7. The molecule has 142 valence electrons. The maximum Gasteiger partial charge on any atom is 0.330 e. The topological polar surface area (TPSA) is 137 Å². The minimum Gasteiger partial charge on any atom is -0.504 e. The van der Waals surface area contributed by atoms with Crippen LogP contribution in [0.15, 0.2) is 32.9 Å². The van der Waals surface area contributed by atoms with Gasteiger partial charge in [0.1, 0.15) is 5.56 Å². The molecular formula is C17H18N4O6. The van der Waals surface area contributed by atoms with Gasteiger partial charge in [-0.2, -0.15) is 5.10 Å². The van der Waals surface area contributed by atoms with E-state index in [4.69, 9.17) is 4.74 Å². The summed E-state index contributed by atoms with van der Waals surface area (Å²) in [5.74, 6) is -0.730. The number of hydrazone groups is 1. The van der Waals surface area contributed by atoms with E-state index in [0.29, 0.717) is 5.56 Å². The number of nitrogens with one attached hydrogen (secondary N) is 1. The molecule has 0 radical (unpaired) electrons. The highest BCUT2D eigenvalue weighted by Crippen LogP contribution is 2.37. The fourth-order valence-electron chi connectivity index (χ4n) is 2.98. The number of aromatic hydroxyl groups is 2. The number of amides is 1. The van der Waals surface area contributed by atoms with E-state index < -0.39 is 23.2 Å². The predicted molar refractivity (Wildman–Crippen MR) is 95.0 cm³/mol. The Morgan fingerprint density at radius 2 is 2.04 bits per heavy atom. The van der Waals surface area contributed by atoms with Gasteiger partial charge in [0.15, 0.2) is 11.5 Å². The minimum absolute atomic E-state index is 0.0538. The van der Waals surface area contributed by atoms with E-state index in [1.807, 2.05) is 0 Å². The second kappa shape index (κ2) is 6.63. The first-order valence-electron chi connectivity index (χ1n) is 8.01. The fourth-order valence-corrected chi connectivity index (χ4v) is 2.98. The number of nitrogens with zero attached hydrogens (tertiary/aromatic N) is 3. The van der Waals surface area contributed by atoms with Crippen molar-refractivity contribution in [3.05, 3.63) is 50.2 Å². The van der Waals surface area contributed by atoms with Gasteiger partial charge < -0.3 is 14.9 Å². The van der Waals surface area contributed by atoms with Crippen molar-refractivity contribution in [2.45, 2.75) is 19.4 Å². The molecule has 0 spiro atoms. The number of H-pyrrole nitrogens is 1. The fraction of sp³-hybridized carbons (Fsp3) is 0.294. The molecule has 1 aliphatic heterocycles. The summed E-state index contributed by atoms with van der Waals surface area (Å²) >= 11 is 0. The number of hydrogen-bond acceptors (Lipinski definition) is 7. The van der Waals surface area contributed by atoms with Gasteiger partial charge in [0.05, 0.1) is 18.9 Å². The predicted octanol–water partition coefficient (Wildman–Crippen LogP) is 0.191. The lowest BCUT2D eigenvalue weighted by Crippen LogP contribution is -2.32. The molecular weight excluding hydrogens is 356 g/mol. The molecule has 0 bridgehead atoms. The number of phenols is 1. The van der Waals surface area contributed by atoms with Gasteiger partial charge in [-0.15, -0.1) is 0 Å². The highest BCUT2D eigenvalue weighted by atomic mass is 16.5. The summed E-state index contributed by atoms with van der Waals surface area (Å²) in [5.41, 5.74) is -0.933. The highest BCUT2D eigenvalue weighted by Gasteiger charge is 2.34. The summed E-state index contributed by atoms with van der Waals surface area (Å²) in [6.07, 6.45) is 0.127. The molecule has 10 heteroatoms. The molecule has 1 amide bonds. The number of rotatable bonds is 3. The van der Waals surface area contributed by atoms with Crippen LogP contribution in [-0.4, -0.2) is 43.5 Å². The van der Waals surface area contributed by atoms with Gasteiger partial charge in [-0.1, -0.05) is 6.07 Å². The minimum atomic E-state index is -0.790. The zero-order valence-electron chi connectivity index (χ0n) is 14.9. The van der Waals surface area contributed by atoms with Crippen molar-refractivity contribution in [1.29, 1.82) is 0 Å². The summed E-state index contributed by atoms with van der Waals surface area (Å²) in [5, 5.41) is 25.4. The van der Waals surface area contributed by atoms with Crippen molar-refractivity contribution in [3.8, 4) is 17.4 Å². The SMILES string of the molecule is COc1cc([C@H]2CC(c3c(O)n(C)c(=O)[nH]c3=O)=NN2C(C)=O)ccc1O. The van der Waals surface area contributed by atoms with Crippen LogP contribution in [0.4, 0.5) is 0 Å². The average molecular weight is 374 g/mol. The lowest BCUT2D eigenvalue weighted by Gasteiger charge is -2.21. The van der Waals surface area contributed by atoms with E-state index in [-0.39, 0.29) is 35.1 Å². The lowest BCUT2D eigenvalue weighted by molar-refractivity contribution is -0.130. The highest BCUT2D eigenvalue weighted by molar-refractivity contribution is 6.04. The Bertz CT molecular complexity index is 1070. The molecule has 0 saturated heterocycles. The second-order valence-electron chi connectivity index (χ2n) is 6.08. The Kier molecular flexibility index (Phi) is 4.48. The van der Waals surface area contributed by atoms with E-state index in [9.17, 15) is 24.6 Å². The third-order valence-electron chi connectivity index (χ3n) is 4.40. The largest absolute Gasteiger partial charge is 0.504 e. The van der Waals surface area contributed by atoms with Crippen LogP contribution < -0.4 is 16.0 Å². The Balaban J connectivity index is 2.09. The quantitative estimate of drug-likeness (QED) is 0.701. The van der Waals surface area contributed by atoms with Gasteiger partial charge in [-0.05, 0) is 17.7 Å². The van der Waals surface area contributed by atoms with Crippen molar-refractivity contribution in [1.82, 2.24) is 14.6 Å². The van der Waals surface area contributed by atoms with Gasteiger partial charge in [0.2, 0.25) is 11.8 Å². The molecule has 1 aromatic heterocycles. The number of hydrogen-bond donors (Lipinski definition) is 3. The Morgan fingerprint density at radius 3 is 2.67 bits per heavy atom. The maximum absolute atomic E-state index is 12.2. The Hall–Kier alpha value is -3.56. The molecule has 10 nitrogen and oxygen atoms in total. The number of carbonyl (C=O) groups is 1. The Morgan fingerprint density at radius 1 is 1.33 bits per heavy atom. The molecule has 0 unspecified atom stereocenters. The molecule has 27 heavy (non-hydrogen) atoms. The Labute approximate surface area is 152 Å². The van der Waals surface area contributed by atoms with Crippen molar-refractivity contribution in [2.24, 2.45) is 12.1 Å². The zero-order chi connectivity index (χ0) is 19.9. The van der Waals surface area contributed by atoms with Crippen LogP contribution in [0.2, 0.25) is 0 Å². The number of carbonyl (C=O) groups excluding carboxylic acids is 1. The number of benzene rings is 1. The van der Waals surface area contributed by atoms with E-state index >= 15 is 0 Å². The number of phenolic OH excluding ortho intramolecular Hbond substituents is 1. The van der Waals surface area contributed by atoms with E-state index in [1.54, 1.807) is 12.1 Å². The lowest BCUT2D eigenvalue weighted by atomic mass is 9.98. The molecule has 1 atom stereocenters. The van der Waals surface area contributed by atoms with Crippen LogP contribution in [0.5, 0.6) is 17.4 Å². The van der Waals surface area contributed by atoms with Crippen molar-refractivity contribution < 1.29 is 19.7 Å². The summed E-state index contributed by atoms with van der Waals surface area (Å²) < 4.78 is 5.98. The van der Waals surface area contributed by atoms with Crippen molar-refractivity contribution in [2.75, 3.05) is 7.11 Å².